The summed E-state index contributed by atoms with van der Waals surface area (Å²) in [4.78, 5) is 1.11. The Morgan fingerprint density at radius 1 is 1.23 bits per heavy atom. The molecule has 0 aliphatic carbocycles. The summed E-state index contributed by atoms with van der Waals surface area (Å²) in [5, 5.41) is 10.6. The van der Waals surface area contributed by atoms with Gasteiger partial charge < -0.3 is 4.42 Å². The van der Waals surface area contributed by atoms with Gasteiger partial charge in [-0.2, -0.15) is 4.31 Å². The van der Waals surface area contributed by atoms with Crippen LogP contribution in [-0.2, 0) is 10.0 Å². The molecule has 4 rings (SSSR count). The predicted molar refractivity (Wildman–Crippen MR) is 99.8 cm³/mol. The first-order chi connectivity index (χ1) is 12.5. The van der Waals surface area contributed by atoms with Crippen molar-refractivity contribution in [2.45, 2.75) is 23.7 Å². The van der Waals surface area contributed by atoms with E-state index >= 15 is 0 Å². The van der Waals surface area contributed by atoms with Crippen LogP contribution in [0.15, 0.2) is 51.1 Å². The van der Waals surface area contributed by atoms with Crippen LogP contribution in [-0.4, -0.2) is 36.0 Å². The minimum absolute atomic E-state index is 0.112. The second-order valence-corrected chi connectivity index (χ2v) is 9.40. The normalized spacial score (nSPS) is 18.9. The first-order valence-corrected chi connectivity index (χ1v) is 10.9. The third-order valence-corrected chi connectivity index (χ3v) is 7.29. The molecule has 1 saturated heterocycles. The molecule has 0 unspecified atom stereocenters. The fourth-order valence-electron chi connectivity index (χ4n) is 3.04. The van der Waals surface area contributed by atoms with E-state index in [0.29, 0.717) is 29.9 Å². The number of nitrogens with zero attached hydrogens (tertiary/aromatic N) is 3. The lowest BCUT2D eigenvalue weighted by molar-refractivity contribution is 0.286. The number of benzene rings is 1. The lowest BCUT2D eigenvalue weighted by atomic mass is 10.00. The van der Waals surface area contributed by atoms with E-state index < -0.39 is 10.0 Å². The van der Waals surface area contributed by atoms with Crippen LogP contribution < -0.4 is 0 Å². The molecule has 3 aromatic rings. The third kappa shape index (κ3) is 3.42. The highest BCUT2D eigenvalue weighted by Crippen LogP contribution is 2.32. The molecular formula is C17H16ClN3O3S2. The number of piperidine rings is 1. The molecule has 0 saturated carbocycles. The zero-order chi connectivity index (χ0) is 18.1. The van der Waals surface area contributed by atoms with Gasteiger partial charge >= 0.3 is 0 Å². The van der Waals surface area contributed by atoms with Gasteiger partial charge in [0.05, 0.1) is 15.7 Å². The van der Waals surface area contributed by atoms with Crippen LogP contribution in [0, 0.1) is 0 Å². The van der Waals surface area contributed by atoms with Crippen LogP contribution in [0.2, 0.25) is 5.02 Å². The second kappa shape index (κ2) is 7.11. The largest absolute Gasteiger partial charge is 0.420 e. The number of rotatable bonds is 4. The summed E-state index contributed by atoms with van der Waals surface area (Å²) >= 11 is 7.48. The molecule has 6 nitrogen and oxygen atoms in total. The van der Waals surface area contributed by atoms with Crippen molar-refractivity contribution >= 4 is 33.0 Å². The monoisotopic (exact) mass is 409 g/mol. The lowest BCUT2D eigenvalue weighted by Crippen LogP contribution is -2.39. The third-order valence-electron chi connectivity index (χ3n) is 4.34. The molecule has 0 amide bonds. The summed E-state index contributed by atoms with van der Waals surface area (Å²) in [5.74, 6) is 0.850. The minimum atomic E-state index is -3.60. The molecule has 1 atom stereocenters. The summed E-state index contributed by atoms with van der Waals surface area (Å²) in [5.41, 5.74) is 0. The van der Waals surface area contributed by atoms with E-state index in [9.17, 15) is 8.42 Å². The Hall–Kier alpha value is -1.74. The van der Waals surface area contributed by atoms with Crippen molar-refractivity contribution in [2.75, 3.05) is 13.1 Å². The predicted octanol–water partition coefficient (Wildman–Crippen LogP) is 4.02. The van der Waals surface area contributed by atoms with E-state index in [2.05, 4.69) is 10.2 Å². The number of hydrogen-bond acceptors (Lipinski definition) is 6. The van der Waals surface area contributed by atoms with Crippen molar-refractivity contribution < 1.29 is 12.8 Å². The molecule has 1 aliphatic heterocycles. The number of halogens is 1. The molecule has 2 aromatic heterocycles. The Kier molecular flexibility index (Phi) is 4.83. The molecule has 1 aromatic carbocycles. The number of aromatic nitrogens is 2. The Bertz CT molecular complexity index is 1000. The molecule has 0 radical (unpaired) electrons. The van der Waals surface area contributed by atoms with Gasteiger partial charge in [-0.1, -0.05) is 23.7 Å². The van der Waals surface area contributed by atoms with Crippen LogP contribution >= 0.6 is 22.9 Å². The first-order valence-electron chi connectivity index (χ1n) is 8.17. The molecule has 0 N–H and O–H groups in total. The van der Waals surface area contributed by atoms with Crippen LogP contribution in [0.3, 0.4) is 0 Å². The summed E-state index contributed by atoms with van der Waals surface area (Å²) in [6, 6.07) is 10.2. The number of hydrogen-bond donors (Lipinski definition) is 0. The van der Waals surface area contributed by atoms with E-state index in [1.807, 2.05) is 17.5 Å². The maximum absolute atomic E-state index is 12.9. The summed E-state index contributed by atoms with van der Waals surface area (Å²) in [6.07, 6.45) is 1.55. The topological polar surface area (TPSA) is 76.3 Å². The van der Waals surface area contributed by atoms with Crippen molar-refractivity contribution in [3.63, 3.8) is 0 Å². The van der Waals surface area contributed by atoms with Crippen LogP contribution in [0.1, 0.15) is 24.7 Å². The first kappa shape index (κ1) is 17.7. The highest BCUT2D eigenvalue weighted by Gasteiger charge is 2.33. The molecule has 9 heteroatoms. The van der Waals surface area contributed by atoms with Gasteiger partial charge in [0.25, 0.3) is 5.89 Å². The molecule has 1 aliphatic rings. The lowest BCUT2D eigenvalue weighted by Gasteiger charge is -2.30. The van der Waals surface area contributed by atoms with Crippen molar-refractivity contribution in [1.82, 2.24) is 14.5 Å². The van der Waals surface area contributed by atoms with Crippen molar-refractivity contribution in [3.8, 4) is 10.8 Å². The molecule has 136 valence electrons. The van der Waals surface area contributed by atoms with Crippen molar-refractivity contribution in [2.24, 2.45) is 0 Å². The number of sulfonamides is 1. The van der Waals surface area contributed by atoms with Gasteiger partial charge in [-0.15, -0.1) is 21.5 Å². The van der Waals surface area contributed by atoms with E-state index in [0.717, 1.165) is 17.7 Å². The van der Waals surface area contributed by atoms with Gasteiger partial charge in [0, 0.05) is 18.1 Å². The Morgan fingerprint density at radius 3 is 2.88 bits per heavy atom. The fraction of sp³-hybridized carbons (Fsp3) is 0.294. The van der Waals surface area contributed by atoms with Crippen LogP contribution in [0.5, 0.6) is 0 Å². The molecular weight excluding hydrogens is 394 g/mol. The van der Waals surface area contributed by atoms with Gasteiger partial charge in [0.2, 0.25) is 15.9 Å². The van der Waals surface area contributed by atoms with Gasteiger partial charge in [-0.05, 0) is 42.5 Å². The quantitative estimate of drug-likeness (QED) is 0.650. The van der Waals surface area contributed by atoms with Gasteiger partial charge in [-0.3, -0.25) is 0 Å². The molecule has 26 heavy (non-hydrogen) atoms. The molecule has 0 spiro atoms. The maximum Gasteiger partial charge on any atom is 0.257 e. The second-order valence-electron chi connectivity index (χ2n) is 6.08. The standard InChI is InChI=1S/C17H16ClN3O3S2/c18-13-5-1-6-14(10-13)26(22,23)21-8-2-4-12(11-21)16-19-20-17(24-16)15-7-3-9-25-15/h1,3,5-7,9-10,12H,2,4,8,11H2/t12-/m0/s1. The summed E-state index contributed by atoms with van der Waals surface area (Å²) in [6.45, 7) is 0.790. The zero-order valence-corrected chi connectivity index (χ0v) is 16.1. The van der Waals surface area contributed by atoms with Crippen molar-refractivity contribution in [1.29, 1.82) is 0 Å². The average molecular weight is 410 g/mol. The van der Waals surface area contributed by atoms with Gasteiger partial charge in [0.15, 0.2) is 0 Å². The molecule has 0 bridgehead atoms. The molecule has 3 heterocycles. The Balaban J connectivity index is 1.56. The molecule has 1 fully saturated rings. The highest BCUT2D eigenvalue weighted by atomic mass is 35.5. The van der Waals surface area contributed by atoms with E-state index in [1.165, 1.54) is 21.7 Å². The van der Waals surface area contributed by atoms with E-state index in [-0.39, 0.29) is 10.8 Å². The summed E-state index contributed by atoms with van der Waals surface area (Å²) < 4.78 is 33.1. The Morgan fingerprint density at radius 2 is 2.12 bits per heavy atom. The Labute approximate surface area is 160 Å². The fourth-order valence-corrected chi connectivity index (χ4v) is 5.51. The smallest absolute Gasteiger partial charge is 0.257 e. The van der Waals surface area contributed by atoms with Crippen LogP contribution in [0.4, 0.5) is 0 Å². The van der Waals surface area contributed by atoms with E-state index in [4.69, 9.17) is 16.0 Å². The van der Waals surface area contributed by atoms with Crippen molar-refractivity contribution in [3.05, 3.63) is 52.7 Å². The highest BCUT2D eigenvalue weighted by molar-refractivity contribution is 7.89. The van der Waals surface area contributed by atoms with Crippen LogP contribution in [0.25, 0.3) is 10.8 Å². The zero-order valence-electron chi connectivity index (χ0n) is 13.7. The summed E-state index contributed by atoms with van der Waals surface area (Å²) in [7, 11) is -3.60. The van der Waals surface area contributed by atoms with E-state index in [1.54, 1.807) is 18.2 Å². The van der Waals surface area contributed by atoms with Gasteiger partial charge in [0.1, 0.15) is 0 Å². The SMILES string of the molecule is O=S(=O)(c1cccc(Cl)c1)N1CCC[C@H](c2nnc(-c3cccs3)o2)C1. The minimum Gasteiger partial charge on any atom is -0.420 e. The maximum atomic E-state index is 12.9. The average Bonchev–Trinajstić information content (AvgIpc) is 3.33. The van der Waals surface area contributed by atoms with Gasteiger partial charge in [-0.25, -0.2) is 8.42 Å². The number of thiophene rings is 1.